The van der Waals surface area contributed by atoms with Gasteiger partial charge in [-0.1, -0.05) is 6.07 Å². The highest BCUT2D eigenvalue weighted by Crippen LogP contribution is 2.38. The molecule has 3 rings (SSSR count). The Hall–Kier alpha value is -1.06. The van der Waals surface area contributed by atoms with Crippen molar-refractivity contribution in [3.8, 4) is 5.75 Å². The first kappa shape index (κ1) is 12.9. The van der Waals surface area contributed by atoms with E-state index in [1.54, 1.807) is 7.11 Å². The Morgan fingerprint density at radius 1 is 1.21 bits per heavy atom. The van der Waals surface area contributed by atoms with Gasteiger partial charge in [-0.25, -0.2) is 0 Å². The number of methoxy groups -OCH3 is 1. The fourth-order valence-corrected chi connectivity index (χ4v) is 3.69. The number of nitrogens with one attached hydrogen (secondary N) is 1. The molecule has 1 fully saturated rings. The predicted octanol–water partition coefficient (Wildman–Crippen LogP) is 2.36. The van der Waals surface area contributed by atoms with Gasteiger partial charge in [0.1, 0.15) is 5.75 Å². The highest BCUT2D eigenvalue weighted by molar-refractivity contribution is 5.41. The fraction of sp³-hybridized carbons (Fsp3) is 0.625. The van der Waals surface area contributed by atoms with Gasteiger partial charge in [0.05, 0.1) is 7.11 Å². The molecule has 1 aromatic rings. The van der Waals surface area contributed by atoms with Crippen LogP contribution in [0.25, 0.3) is 0 Å². The van der Waals surface area contributed by atoms with Gasteiger partial charge in [-0.05, 0) is 49.9 Å². The molecule has 1 aromatic carbocycles. The van der Waals surface area contributed by atoms with E-state index in [1.807, 2.05) is 0 Å². The minimum Gasteiger partial charge on any atom is -0.497 e. The Morgan fingerprint density at radius 2 is 1.95 bits per heavy atom. The van der Waals surface area contributed by atoms with E-state index in [0.29, 0.717) is 18.1 Å². The van der Waals surface area contributed by atoms with Crippen LogP contribution in [0, 0.1) is 0 Å². The number of ether oxygens (including phenoxy) is 1. The Labute approximate surface area is 115 Å². The molecule has 0 bridgehead atoms. The first-order valence-electron chi connectivity index (χ1n) is 7.34. The molecular formula is C16H24N2O. The van der Waals surface area contributed by atoms with Crippen LogP contribution in [0.1, 0.15) is 37.4 Å². The van der Waals surface area contributed by atoms with Crippen molar-refractivity contribution in [2.75, 3.05) is 20.2 Å². The van der Waals surface area contributed by atoms with Gasteiger partial charge in [-0.3, -0.25) is 4.90 Å². The summed E-state index contributed by atoms with van der Waals surface area (Å²) in [5, 5.41) is 3.61. The maximum Gasteiger partial charge on any atom is 0.119 e. The van der Waals surface area contributed by atoms with Crippen LogP contribution in [0.3, 0.4) is 0 Å². The normalized spacial score (nSPS) is 31.2. The third-order valence-corrected chi connectivity index (χ3v) is 4.43. The lowest BCUT2D eigenvalue weighted by molar-refractivity contribution is 0.122. The van der Waals surface area contributed by atoms with Gasteiger partial charge >= 0.3 is 0 Å². The van der Waals surface area contributed by atoms with E-state index >= 15 is 0 Å². The van der Waals surface area contributed by atoms with E-state index in [0.717, 1.165) is 18.8 Å². The zero-order chi connectivity index (χ0) is 13.4. The van der Waals surface area contributed by atoms with Crippen LogP contribution in [0.2, 0.25) is 0 Å². The molecule has 1 heterocycles. The highest BCUT2D eigenvalue weighted by Gasteiger charge is 2.32. The Bertz CT molecular complexity index is 450. The van der Waals surface area contributed by atoms with Crippen molar-refractivity contribution < 1.29 is 4.74 Å². The number of hydrogen-bond acceptors (Lipinski definition) is 3. The molecule has 3 unspecified atom stereocenters. The molecule has 104 valence electrons. The van der Waals surface area contributed by atoms with E-state index in [4.69, 9.17) is 4.74 Å². The van der Waals surface area contributed by atoms with Crippen LogP contribution in [0.15, 0.2) is 18.2 Å². The molecule has 0 saturated carbocycles. The van der Waals surface area contributed by atoms with Gasteiger partial charge < -0.3 is 10.1 Å². The minimum atomic E-state index is 0.581. The quantitative estimate of drug-likeness (QED) is 0.883. The lowest BCUT2D eigenvalue weighted by atomic mass is 10.0. The van der Waals surface area contributed by atoms with Crippen LogP contribution in [0.5, 0.6) is 5.75 Å². The number of piperazine rings is 1. The smallest absolute Gasteiger partial charge is 0.119 e. The number of rotatable bonds is 2. The van der Waals surface area contributed by atoms with Crippen molar-refractivity contribution in [1.82, 2.24) is 10.2 Å². The monoisotopic (exact) mass is 260 g/mol. The third kappa shape index (κ3) is 2.49. The van der Waals surface area contributed by atoms with E-state index in [9.17, 15) is 0 Å². The standard InChI is InChI=1S/C16H24N2O/c1-11-9-18(10-12(2)17-11)16-7-5-13-4-6-14(19-3)8-15(13)16/h4,6,8,11-12,16-17H,5,7,9-10H2,1-3H3. The van der Waals surface area contributed by atoms with E-state index in [2.05, 4.69) is 42.3 Å². The van der Waals surface area contributed by atoms with Gasteiger partial charge in [0.25, 0.3) is 0 Å². The number of aryl methyl sites for hydroxylation is 1. The van der Waals surface area contributed by atoms with E-state index < -0.39 is 0 Å². The van der Waals surface area contributed by atoms with Crippen molar-refractivity contribution >= 4 is 0 Å². The maximum absolute atomic E-state index is 5.39. The van der Waals surface area contributed by atoms with Gasteiger partial charge in [0.2, 0.25) is 0 Å². The second-order valence-corrected chi connectivity index (χ2v) is 6.04. The number of fused-ring (bicyclic) bond motifs is 1. The molecule has 0 aromatic heterocycles. The Balaban J connectivity index is 1.84. The molecule has 3 nitrogen and oxygen atoms in total. The van der Waals surface area contributed by atoms with Crippen LogP contribution < -0.4 is 10.1 Å². The number of benzene rings is 1. The van der Waals surface area contributed by atoms with Gasteiger partial charge in [0.15, 0.2) is 0 Å². The van der Waals surface area contributed by atoms with Crippen molar-refractivity contribution in [2.45, 2.75) is 44.8 Å². The molecule has 3 atom stereocenters. The van der Waals surface area contributed by atoms with Crippen molar-refractivity contribution in [3.05, 3.63) is 29.3 Å². The Morgan fingerprint density at radius 3 is 2.63 bits per heavy atom. The average Bonchev–Trinajstić information content (AvgIpc) is 2.80. The molecule has 1 saturated heterocycles. The minimum absolute atomic E-state index is 0.581. The van der Waals surface area contributed by atoms with Crippen molar-refractivity contribution in [3.63, 3.8) is 0 Å². The van der Waals surface area contributed by atoms with Gasteiger partial charge in [-0.15, -0.1) is 0 Å². The second kappa shape index (κ2) is 5.14. The lowest BCUT2D eigenvalue weighted by Crippen LogP contribution is -2.54. The first-order chi connectivity index (χ1) is 9.17. The summed E-state index contributed by atoms with van der Waals surface area (Å²) in [5.74, 6) is 0.988. The van der Waals surface area contributed by atoms with Crippen LogP contribution in [-0.2, 0) is 6.42 Å². The summed E-state index contributed by atoms with van der Waals surface area (Å²) in [6, 6.07) is 8.31. The molecule has 0 radical (unpaired) electrons. The largest absolute Gasteiger partial charge is 0.497 e. The van der Waals surface area contributed by atoms with Crippen molar-refractivity contribution in [1.29, 1.82) is 0 Å². The molecule has 0 amide bonds. The summed E-state index contributed by atoms with van der Waals surface area (Å²) < 4.78 is 5.39. The summed E-state index contributed by atoms with van der Waals surface area (Å²) in [6.07, 6.45) is 2.46. The summed E-state index contributed by atoms with van der Waals surface area (Å²) >= 11 is 0. The maximum atomic E-state index is 5.39. The molecule has 1 N–H and O–H groups in total. The molecule has 0 spiro atoms. The summed E-state index contributed by atoms with van der Waals surface area (Å²) in [4.78, 5) is 2.65. The SMILES string of the molecule is COc1ccc2c(c1)C(N1CC(C)NC(C)C1)CC2. The molecule has 3 heteroatoms. The zero-order valence-electron chi connectivity index (χ0n) is 12.1. The number of nitrogens with zero attached hydrogens (tertiary/aromatic N) is 1. The number of hydrogen-bond donors (Lipinski definition) is 1. The summed E-state index contributed by atoms with van der Waals surface area (Å²) in [7, 11) is 1.75. The fourth-order valence-electron chi connectivity index (χ4n) is 3.69. The first-order valence-corrected chi connectivity index (χ1v) is 7.34. The Kier molecular flexibility index (Phi) is 3.50. The predicted molar refractivity (Wildman–Crippen MR) is 77.7 cm³/mol. The molecule has 2 aliphatic rings. The molecule has 1 aliphatic carbocycles. The summed E-state index contributed by atoms with van der Waals surface area (Å²) in [5.41, 5.74) is 2.99. The van der Waals surface area contributed by atoms with Gasteiger partial charge in [-0.2, -0.15) is 0 Å². The molecular weight excluding hydrogens is 236 g/mol. The van der Waals surface area contributed by atoms with Crippen LogP contribution in [-0.4, -0.2) is 37.2 Å². The van der Waals surface area contributed by atoms with Crippen molar-refractivity contribution in [2.24, 2.45) is 0 Å². The van der Waals surface area contributed by atoms with Gasteiger partial charge in [0, 0.05) is 31.2 Å². The van der Waals surface area contributed by atoms with E-state index in [1.165, 1.54) is 24.0 Å². The van der Waals surface area contributed by atoms with Crippen LogP contribution in [0.4, 0.5) is 0 Å². The summed E-state index contributed by atoms with van der Waals surface area (Å²) in [6.45, 7) is 6.85. The third-order valence-electron chi connectivity index (χ3n) is 4.43. The second-order valence-electron chi connectivity index (χ2n) is 6.04. The topological polar surface area (TPSA) is 24.5 Å². The highest BCUT2D eigenvalue weighted by atomic mass is 16.5. The average molecular weight is 260 g/mol. The zero-order valence-corrected chi connectivity index (χ0v) is 12.1. The van der Waals surface area contributed by atoms with E-state index in [-0.39, 0.29) is 0 Å². The van der Waals surface area contributed by atoms with Crippen LogP contribution >= 0.6 is 0 Å². The lowest BCUT2D eigenvalue weighted by Gasteiger charge is -2.40. The molecule has 19 heavy (non-hydrogen) atoms. The molecule has 1 aliphatic heterocycles.